The number of carbonyl (C=O) groups is 1. The SMILES string of the molecule is NOC(=O)CCC(N)O. The zero-order valence-corrected chi connectivity index (χ0v) is 4.91. The molecule has 0 radical (unpaired) electrons. The maximum atomic E-state index is 10.2. The van der Waals surface area contributed by atoms with Gasteiger partial charge in [-0.05, 0) is 6.42 Å². The van der Waals surface area contributed by atoms with Gasteiger partial charge < -0.3 is 15.7 Å². The van der Waals surface area contributed by atoms with Gasteiger partial charge in [0.2, 0.25) is 0 Å². The maximum absolute atomic E-state index is 10.2. The third-order valence-corrected chi connectivity index (χ3v) is 0.776. The van der Waals surface area contributed by atoms with Crippen molar-refractivity contribution < 1.29 is 14.7 Å². The predicted molar refractivity (Wildman–Crippen MR) is 29.7 cm³/mol. The molecule has 0 heterocycles. The number of hydrogen-bond acceptors (Lipinski definition) is 5. The van der Waals surface area contributed by atoms with Crippen LogP contribution in [0.25, 0.3) is 0 Å². The molecule has 0 saturated carbocycles. The number of rotatable bonds is 3. The zero-order chi connectivity index (χ0) is 7.28. The first-order valence-corrected chi connectivity index (χ1v) is 2.50. The summed E-state index contributed by atoms with van der Waals surface area (Å²) in [5, 5.41) is 8.43. The molecule has 0 fully saturated rings. The number of aliphatic hydroxyl groups is 1. The van der Waals surface area contributed by atoms with E-state index in [1.807, 2.05) is 0 Å². The molecule has 0 aliphatic carbocycles. The van der Waals surface area contributed by atoms with Crippen molar-refractivity contribution in [2.24, 2.45) is 11.6 Å². The Labute approximate surface area is 52.5 Å². The highest BCUT2D eigenvalue weighted by molar-refractivity contribution is 5.68. The molecule has 54 valence electrons. The van der Waals surface area contributed by atoms with Gasteiger partial charge in [-0.3, -0.25) is 4.79 Å². The van der Waals surface area contributed by atoms with Crippen molar-refractivity contribution in [1.82, 2.24) is 0 Å². The van der Waals surface area contributed by atoms with Crippen molar-refractivity contribution in [3.05, 3.63) is 0 Å². The molecule has 0 amide bonds. The summed E-state index contributed by atoms with van der Waals surface area (Å²) >= 11 is 0. The minimum atomic E-state index is -0.968. The van der Waals surface area contributed by atoms with Crippen molar-refractivity contribution in [1.29, 1.82) is 0 Å². The third-order valence-electron chi connectivity index (χ3n) is 0.776. The van der Waals surface area contributed by atoms with Crippen molar-refractivity contribution >= 4 is 5.97 Å². The highest BCUT2D eigenvalue weighted by atomic mass is 16.7. The summed E-state index contributed by atoms with van der Waals surface area (Å²) in [6.07, 6.45) is -0.742. The van der Waals surface area contributed by atoms with Crippen LogP contribution in [0.2, 0.25) is 0 Å². The quantitative estimate of drug-likeness (QED) is 0.321. The second kappa shape index (κ2) is 4.25. The Morgan fingerprint density at radius 1 is 1.78 bits per heavy atom. The van der Waals surface area contributed by atoms with Crippen LogP contribution in [0, 0.1) is 0 Å². The van der Waals surface area contributed by atoms with Crippen LogP contribution in [-0.2, 0) is 9.63 Å². The van der Waals surface area contributed by atoms with Crippen LogP contribution in [-0.4, -0.2) is 17.3 Å². The second-order valence-electron chi connectivity index (χ2n) is 1.60. The van der Waals surface area contributed by atoms with Gasteiger partial charge in [0, 0.05) is 0 Å². The normalized spacial score (nSPS) is 12.8. The molecule has 5 heteroatoms. The number of nitrogens with two attached hydrogens (primary N) is 2. The zero-order valence-electron chi connectivity index (χ0n) is 4.91. The van der Waals surface area contributed by atoms with Gasteiger partial charge in [-0.25, -0.2) is 0 Å². The molecule has 5 N–H and O–H groups in total. The molecule has 0 bridgehead atoms. The van der Waals surface area contributed by atoms with Gasteiger partial charge in [0.15, 0.2) is 0 Å². The summed E-state index contributed by atoms with van der Waals surface area (Å²) in [5.41, 5.74) is 4.90. The van der Waals surface area contributed by atoms with E-state index < -0.39 is 12.2 Å². The monoisotopic (exact) mass is 134 g/mol. The Bertz CT molecular complexity index is 93.8. The summed E-state index contributed by atoms with van der Waals surface area (Å²) < 4.78 is 0. The summed E-state index contributed by atoms with van der Waals surface area (Å²) in [5.74, 6) is 3.92. The first-order chi connectivity index (χ1) is 4.16. The number of hydrogen-bond donors (Lipinski definition) is 3. The largest absolute Gasteiger partial charge is 0.379 e. The van der Waals surface area contributed by atoms with Crippen molar-refractivity contribution in [2.75, 3.05) is 0 Å². The van der Waals surface area contributed by atoms with E-state index in [0.29, 0.717) is 0 Å². The van der Waals surface area contributed by atoms with E-state index in [9.17, 15) is 4.79 Å². The molecule has 0 saturated heterocycles. The lowest BCUT2D eigenvalue weighted by Crippen LogP contribution is -2.21. The molecule has 0 aromatic heterocycles. The van der Waals surface area contributed by atoms with E-state index >= 15 is 0 Å². The Hall–Kier alpha value is -0.650. The smallest absolute Gasteiger partial charge is 0.324 e. The molecule has 0 aliphatic rings. The van der Waals surface area contributed by atoms with E-state index in [0.717, 1.165) is 0 Å². The van der Waals surface area contributed by atoms with Gasteiger partial charge in [-0.2, -0.15) is 5.90 Å². The van der Waals surface area contributed by atoms with Crippen LogP contribution in [0.15, 0.2) is 0 Å². The molecule has 0 rings (SSSR count). The lowest BCUT2D eigenvalue weighted by atomic mass is 10.3. The third kappa shape index (κ3) is 5.22. The molecule has 0 spiro atoms. The molecule has 1 atom stereocenters. The Kier molecular flexibility index (Phi) is 3.94. The van der Waals surface area contributed by atoms with E-state index in [1.165, 1.54) is 0 Å². The van der Waals surface area contributed by atoms with E-state index in [-0.39, 0.29) is 12.8 Å². The van der Waals surface area contributed by atoms with Gasteiger partial charge in [0.25, 0.3) is 0 Å². The standard InChI is InChI=1S/C4H10N2O3/c5-3(7)1-2-4(8)9-6/h3,7H,1-2,5-6H2. The average molecular weight is 134 g/mol. The second-order valence-corrected chi connectivity index (χ2v) is 1.60. The molecule has 0 aromatic carbocycles. The van der Waals surface area contributed by atoms with Gasteiger partial charge in [0.1, 0.15) is 6.23 Å². The van der Waals surface area contributed by atoms with Crippen LogP contribution >= 0.6 is 0 Å². The van der Waals surface area contributed by atoms with Crippen LogP contribution < -0.4 is 11.6 Å². The Morgan fingerprint density at radius 3 is 2.67 bits per heavy atom. The highest BCUT2D eigenvalue weighted by Crippen LogP contribution is 1.91. The summed E-state index contributed by atoms with van der Waals surface area (Å²) in [4.78, 5) is 14.0. The van der Waals surface area contributed by atoms with Crippen molar-refractivity contribution in [3.8, 4) is 0 Å². The Morgan fingerprint density at radius 2 is 2.33 bits per heavy atom. The maximum Gasteiger partial charge on any atom is 0.324 e. The first-order valence-electron chi connectivity index (χ1n) is 2.50. The van der Waals surface area contributed by atoms with Gasteiger partial charge in [0.05, 0.1) is 6.42 Å². The molecule has 5 nitrogen and oxygen atoms in total. The van der Waals surface area contributed by atoms with E-state index in [2.05, 4.69) is 10.7 Å². The average Bonchev–Trinajstić information content (AvgIpc) is 1.83. The topological polar surface area (TPSA) is 98.6 Å². The fraction of sp³-hybridized carbons (Fsp3) is 0.750. The minimum absolute atomic E-state index is 0.0498. The van der Waals surface area contributed by atoms with Gasteiger partial charge >= 0.3 is 5.97 Å². The lowest BCUT2D eigenvalue weighted by Gasteiger charge is -2.00. The fourth-order valence-electron chi connectivity index (χ4n) is 0.325. The number of aliphatic hydroxyl groups excluding tert-OH is 1. The van der Waals surface area contributed by atoms with Gasteiger partial charge in [-0.1, -0.05) is 0 Å². The van der Waals surface area contributed by atoms with Crippen LogP contribution in [0.4, 0.5) is 0 Å². The Balaban J connectivity index is 3.17. The molecular formula is C4H10N2O3. The van der Waals surface area contributed by atoms with Crippen molar-refractivity contribution in [3.63, 3.8) is 0 Å². The number of carbonyl (C=O) groups excluding carboxylic acids is 1. The predicted octanol–water partition coefficient (Wildman–Crippen LogP) is -1.54. The summed E-state index contributed by atoms with van der Waals surface area (Å²) in [6, 6.07) is 0. The van der Waals surface area contributed by atoms with E-state index in [4.69, 9.17) is 10.8 Å². The van der Waals surface area contributed by atoms with Crippen molar-refractivity contribution in [2.45, 2.75) is 19.1 Å². The molecular weight excluding hydrogens is 124 g/mol. The van der Waals surface area contributed by atoms with Crippen LogP contribution in [0.5, 0.6) is 0 Å². The van der Waals surface area contributed by atoms with Gasteiger partial charge in [-0.15, -0.1) is 0 Å². The first kappa shape index (κ1) is 8.35. The molecule has 0 aliphatic heterocycles. The fourth-order valence-corrected chi connectivity index (χ4v) is 0.325. The highest BCUT2D eigenvalue weighted by Gasteiger charge is 2.02. The summed E-state index contributed by atoms with van der Waals surface area (Å²) in [7, 11) is 0. The van der Waals surface area contributed by atoms with E-state index in [1.54, 1.807) is 0 Å². The van der Waals surface area contributed by atoms with Crippen LogP contribution in [0.1, 0.15) is 12.8 Å². The summed E-state index contributed by atoms with van der Waals surface area (Å²) in [6.45, 7) is 0. The molecule has 1 unspecified atom stereocenters. The van der Waals surface area contributed by atoms with Crippen LogP contribution in [0.3, 0.4) is 0 Å². The minimum Gasteiger partial charge on any atom is -0.379 e. The molecule has 0 aromatic rings. The lowest BCUT2D eigenvalue weighted by molar-refractivity contribution is -0.144. The molecule has 9 heavy (non-hydrogen) atoms.